The van der Waals surface area contributed by atoms with Crippen molar-refractivity contribution in [3.05, 3.63) is 96.3 Å². The zero-order chi connectivity index (χ0) is 25.1. The Morgan fingerprint density at radius 2 is 2.03 bits per heavy atom. The first-order valence-electron chi connectivity index (χ1n) is 11.1. The Hall–Kier alpha value is -4.60. The number of nitrogens with one attached hydrogen (secondary N) is 1. The van der Waals surface area contributed by atoms with E-state index in [1.165, 1.54) is 12.1 Å². The Kier molecular flexibility index (Phi) is 6.40. The highest BCUT2D eigenvalue weighted by Crippen LogP contribution is 2.26. The number of furan rings is 1. The van der Waals surface area contributed by atoms with E-state index >= 15 is 0 Å². The van der Waals surface area contributed by atoms with Crippen molar-refractivity contribution < 1.29 is 22.7 Å². The van der Waals surface area contributed by atoms with E-state index < -0.39 is 12.7 Å². The van der Waals surface area contributed by atoms with E-state index in [1.807, 2.05) is 12.1 Å². The summed E-state index contributed by atoms with van der Waals surface area (Å²) >= 11 is 0. The number of pyridine rings is 2. The molecule has 0 aliphatic heterocycles. The molecule has 10 heteroatoms. The number of benzene rings is 1. The van der Waals surface area contributed by atoms with Crippen molar-refractivity contribution in [3.8, 4) is 17.0 Å². The van der Waals surface area contributed by atoms with Crippen LogP contribution in [0.5, 0.6) is 5.75 Å². The Balaban J connectivity index is 1.50. The molecule has 182 valence electrons. The van der Waals surface area contributed by atoms with E-state index in [9.17, 15) is 13.6 Å². The summed E-state index contributed by atoms with van der Waals surface area (Å²) in [4.78, 5) is 22.4. The van der Waals surface area contributed by atoms with Crippen molar-refractivity contribution >= 4 is 16.9 Å². The fourth-order valence-corrected chi connectivity index (χ4v) is 3.88. The molecular formula is C26H21F2N5O3. The highest BCUT2D eigenvalue weighted by atomic mass is 19.3. The topological polar surface area (TPSA) is 95.1 Å². The van der Waals surface area contributed by atoms with Crippen molar-refractivity contribution in [1.29, 1.82) is 0 Å². The second kappa shape index (κ2) is 9.95. The third-order valence-electron chi connectivity index (χ3n) is 5.63. The molecule has 5 rings (SSSR count). The Labute approximate surface area is 204 Å². The van der Waals surface area contributed by atoms with E-state index in [4.69, 9.17) is 9.40 Å². The molecule has 8 nitrogen and oxygen atoms in total. The van der Waals surface area contributed by atoms with Gasteiger partial charge < -0.3 is 14.5 Å². The van der Waals surface area contributed by atoms with Gasteiger partial charge in [-0.1, -0.05) is 12.1 Å². The minimum Gasteiger partial charge on any atom is -0.467 e. The second-order valence-corrected chi connectivity index (χ2v) is 8.06. The SMILES string of the molecule is CC(NC(=O)c1cc(-c2cccnc2)nc2c1cnn2Cc1ccco1)c1cccc(OC(F)F)c1. The summed E-state index contributed by atoms with van der Waals surface area (Å²) in [6.07, 6.45) is 6.50. The van der Waals surface area contributed by atoms with Crippen LogP contribution in [0.15, 0.2) is 83.9 Å². The van der Waals surface area contributed by atoms with E-state index in [0.29, 0.717) is 40.2 Å². The summed E-state index contributed by atoms with van der Waals surface area (Å²) < 4.78 is 36.8. The number of nitrogens with zero attached hydrogens (tertiary/aromatic N) is 4. The number of halogens is 2. The first-order valence-corrected chi connectivity index (χ1v) is 11.1. The van der Waals surface area contributed by atoms with Crippen LogP contribution in [-0.2, 0) is 6.54 Å². The van der Waals surface area contributed by atoms with Crippen LogP contribution < -0.4 is 10.1 Å². The van der Waals surface area contributed by atoms with Crippen LogP contribution in [0.4, 0.5) is 8.78 Å². The van der Waals surface area contributed by atoms with Gasteiger partial charge in [-0.3, -0.25) is 9.78 Å². The molecule has 1 atom stereocenters. The predicted molar refractivity (Wildman–Crippen MR) is 128 cm³/mol. The van der Waals surface area contributed by atoms with Crippen LogP contribution in [-0.4, -0.2) is 32.3 Å². The highest BCUT2D eigenvalue weighted by Gasteiger charge is 2.20. The molecule has 1 amide bonds. The lowest BCUT2D eigenvalue weighted by Gasteiger charge is -2.16. The molecule has 4 aromatic heterocycles. The normalized spacial score (nSPS) is 12.1. The van der Waals surface area contributed by atoms with Gasteiger partial charge in [0.15, 0.2) is 5.65 Å². The van der Waals surface area contributed by atoms with Crippen LogP contribution in [0.25, 0.3) is 22.3 Å². The summed E-state index contributed by atoms with van der Waals surface area (Å²) in [5.74, 6) is 0.352. The predicted octanol–water partition coefficient (Wildman–Crippen LogP) is 5.23. The van der Waals surface area contributed by atoms with E-state index in [1.54, 1.807) is 66.8 Å². The lowest BCUT2D eigenvalue weighted by molar-refractivity contribution is -0.0499. The van der Waals surface area contributed by atoms with Gasteiger partial charge in [0.25, 0.3) is 5.91 Å². The number of rotatable bonds is 8. The van der Waals surface area contributed by atoms with Gasteiger partial charge in [-0.05, 0) is 55.0 Å². The number of fused-ring (bicyclic) bond motifs is 1. The largest absolute Gasteiger partial charge is 0.467 e. The van der Waals surface area contributed by atoms with Crippen LogP contribution in [0.3, 0.4) is 0 Å². The summed E-state index contributed by atoms with van der Waals surface area (Å²) in [5, 5.41) is 7.94. The molecule has 1 aromatic carbocycles. The number of aromatic nitrogens is 4. The summed E-state index contributed by atoms with van der Waals surface area (Å²) in [5.41, 5.74) is 2.80. The molecule has 0 aliphatic carbocycles. The van der Waals surface area contributed by atoms with Crippen LogP contribution >= 0.6 is 0 Å². The Morgan fingerprint density at radius 3 is 2.78 bits per heavy atom. The Morgan fingerprint density at radius 1 is 1.14 bits per heavy atom. The molecule has 1 N–H and O–H groups in total. The first-order chi connectivity index (χ1) is 17.5. The number of carbonyl (C=O) groups is 1. The maximum absolute atomic E-state index is 13.5. The van der Waals surface area contributed by atoms with Crippen LogP contribution in [0.1, 0.15) is 34.6 Å². The van der Waals surface area contributed by atoms with Gasteiger partial charge in [0.1, 0.15) is 18.1 Å². The lowest BCUT2D eigenvalue weighted by Crippen LogP contribution is -2.27. The molecule has 36 heavy (non-hydrogen) atoms. The van der Waals surface area contributed by atoms with Gasteiger partial charge in [0.05, 0.1) is 35.1 Å². The molecule has 5 aromatic rings. The standard InChI is InChI=1S/C26H21F2N5O3/c1-16(17-5-2-7-19(11-17)36-26(27)28)31-25(34)21-12-23(18-6-3-9-29-13-18)32-24-22(21)14-30-33(24)15-20-8-4-10-35-20/h2-14,16,26H,15H2,1H3,(H,31,34). The van der Waals surface area contributed by atoms with Gasteiger partial charge in [-0.2, -0.15) is 13.9 Å². The number of carbonyl (C=O) groups excluding carboxylic acids is 1. The monoisotopic (exact) mass is 489 g/mol. The quantitative estimate of drug-likeness (QED) is 0.321. The van der Waals surface area contributed by atoms with Gasteiger partial charge >= 0.3 is 6.61 Å². The number of amides is 1. The molecule has 0 saturated heterocycles. The number of hydrogen-bond acceptors (Lipinski definition) is 6. The van der Waals surface area contributed by atoms with Gasteiger partial charge in [-0.15, -0.1) is 0 Å². The maximum Gasteiger partial charge on any atom is 0.387 e. The molecule has 0 aliphatic rings. The number of ether oxygens (including phenoxy) is 1. The molecule has 1 unspecified atom stereocenters. The molecule has 0 spiro atoms. The van der Waals surface area contributed by atoms with Crippen molar-refractivity contribution in [3.63, 3.8) is 0 Å². The summed E-state index contributed by atoms with van der Waals surface area (Å²) in [7, 11) is 0. The first kappa shape index (κ1) is 23.2. The highest BCUT2D eigenvalue weighted by molar-refractivity contribution is 6.06. The van der Waals surface area contributed by atoms with Crippen LogP contribution in [0, 0.1) is 0 Å². The van der Waals surface area contributed by atoms with E-state index in [-0.39, 0.29) is 11.7 Å². The second-order valence-electron chi connectivity index (χ2n) is 8.06. The lowest BCUT2D eigenvalue weighted by atomic mass is 10.1. The molecule has 0 bridgehead atoms. The van der Waals surface area contributed by atoms with Gasteiger partial charge in [-0.25, -0.2) is 9.67 Å². The van der Waals surface area contributed by atoms with Crippen molar-refractivity contribution in [2.24, 2.45) is 0 Å². The minimum atomic E-state index is -2.93. The molecule has 0 saturated carbocycles. The molecular weight excluding hydrogens is 468 g/mol. The van der Waals surface area contributed by atoms with Gasteiger partial charge in [0, 0.05) is 18.0 Å². The van der Waals surface area contributed by atoms with E-state index in [2.05, 4.69) is 20.1 Å². The molecule has 0 fully saturated rings. The fraction of sp³-hybridized carbons (Fsp3) is 0.154. The van der Waals surface area contributed by atoms with Crippen LogP contribution in [0.2, 0.25) is 0 Å². The minimum absolute atomic E-state index is 0.0213. The van der Waals surface area contributed by atoms with E-state index in [0.717, 1.165) is 5.56 Å². The third kappa shape index (κ3) is 4.92. The number of hydrogen-bond donors (Lipinski definition) is 1. The van der Waals surface area contributed by atoms with Crippen molar-refractivity contribution in [2.75, 3.05) is 0 Å². The summed E-state index contributed by atoms with van der Waals surface area (Å²) in [6.45, 7) is -0.826. The molecule has 0 radical (unpaired) electrons. The average molecular weight is 489 g/mol. The average Bonchev–Trinajstić information content (AvgIpc) is 3.54. The third-order valence-corrected chi connectivity index (χ3v) is 5.63. The smallest absolute Gasteiger partial charge is 0.387 e. The maximum atomic E-state index is 13.5. The zero-order valence-electron chi connectivity index (χ0n) is 19.1. The van der Waals surface area contributed by atoms with Crippen molar-refractivity contribution in [1.82, 2.24) is 25.1 Å². The molecule has 4 heterocycles. The number of alkyl halides is 2. The van der Waals surface area contributed by atoms with Gasteiger partial charge in [0.2, 0.25) is 0 Å². The summed E-state index contributed by atoms with van der Waals surface area (Å²) in [6, 6.07) is 14.7. The zero-order valence-corrected chi connectivity index (χ0v) is 19.1. The Bertz CT molecular complexity index is 1490. The fourth-order valence-electron chi connectivity index (χ4n) is 3.88. The van der Waals surface area contributed by atoms with Crippen molar-refractivity contribution in [2.45, 2.75) is 26.1 Å².